The molecule has 1 saturated carbocycles. The monoisotopic (exact) mass is 509 g/mol. The van der Waals surface area contributed by atoms with E-state index in [1.807, 2.05) is 0 Å². The van der Waals surface area contributed by atoms with E-state index in [0.29, 0.717) is 24.9 Å². The van der Waals surface area contributed by atoms with E-state index >= 15 is 0 Å². The quantitative estimate of drug-likeness (QED) is 0.265. The van der Waals surface area contributed by atoms with Crippen molar-refractivity contribution in [1.82, 2.24) is 20.9 Å². The van der Waals surface area contributed by atoms with Gasteiger partial charge in [0.1, 0.15) is 0 Å². The van der Waals surface area contributed by atoms with E-state index in [-0.39, 0.29) is 36.0 Å². The fourth-order valence-electron chi connectivity index (χ4n) is 3.86. The first kappa shape index (κ1) is 25.4. The third kappa shape index (κ3) is 10.2. The highest BCUT2D eigenvalue weighted by Gasteiger charge is 2.21. The van der Waals surface area contributed by atoms with Gasteiger partial charge >= 0.3 is 0 Å². The molecule has 2 rings (SSSR count). The summed E-state index contributed by atoms with van der Waals surface area (Å²) in [7, 11) is 1.75. The van der Waals surface area contributed by atoms with Crippen molar-refractivity contribution < 1.29 is 9.53 Å². The Labute approximate surface area is 187 Å². The zero-order chi connectivity index (χ0) is 19.5. The molecule has 0 bridgehead atoms. The number of aliphatic imine (C=N–C) groups is 1. The first-order valence-electron chi connectivity index (χ1n) is 10.6. The number of ether oxygens (including phenoxy) is 1. The van der Waals surface area contributed by atoms with Gasteiger partial charge in [0.25, 0.3) is 0 Å². The second-order valence-corrected chi connectivity index (χ2v) is 8.18. The minimum atomic E-state index is 0. The number of nitrogens with zero attached hydrogens (tertiary/aromatic N) is 2. The van der Waals surface area contributed by atoms with Crippen LogP contribution in [-0.2, 0) is 9.53 Å². The van der Waals surface area contributed by atoms with Crippen LogP contribution in [0.15, 0.2) is 4.99 Å². The molecule has 2 fully saturated rings. The lowest BCUT2D eigenvalue weighted by atomic mass is 9.95. The van der Waals surface area contributed by atoms with Crippen LogP contribution in [0.1, 0.15) is 52.4 Å². The summed E-state index contributed by atoms with van der Waals surface area (Å²) < 4.78 is 5.86. The van der Waals surface area contributed by atoms with Crippen molar-refractivity contribution in [3.8, 4) is 0 Å². The van der Waals surface area contributed by atoms with Crippen LogP contribution in [0.25, 0.3) is 0 Å². The van der Waals surface area contributed by atoms with Crippen LogP contribution >= 0.6 is 24.0 Å². The number of morpholine rings is 1. The lowest BCUT2D eigenvalue weighted by Crippen LogP contribution is -2.50. The first-order chi connectivity index (χ1) is 13.1. The SMILES string of the molecule is CN=C(NCCC(=O)NC1CCCCC1)NCC1CN(CC(C)C)CCO1.I. The second kappa shape index (κ2) is 14.4. The van der Waals surface area contributed by atoms with Crippen molar-refractivity contribution in [2.75, 3.05) is 46.4 Å². The van der Waals surface area contributed by atoms with Crippen LogP contribution in [-0.4, -0.2) is 75.3 Å². The summed E-state index contributed by atoms with van der Waals surface area (Å²) in [5, 5.41) is 9.70. The smallest absolute Gasteiger partial charge is 0.221 e. The molecule has 7 nitrogen and oxygen atoms in total. The molecule has 0 aromatic rings. The van der Waals surface area contributed by atoms with Gasteiger partial charge in [0, 0.05) is 52.2 Å². The maximum Gasteiger partial charge on any atom is 0.221 e. The Hall–Kier alpha value is -0.610. The van der Waals surface area contributed by atoms with Gasteiger partial charge in [0.2, 0.25) is 5.91 Å². The summed E-state index contributed by atoms with van der Waals surface area (Å²) in [6, 6.07) is 0.376. The van der Waals surface area contributed by atoms with Crippen molar-refractivity contribution in [3.63, 3.8) is 0 Å². The molecule has 1 saturated heterocycles. The highest BCUT2D eigenvalue weighted by Crippen LogP contribution is 2.17. The Morgan fingerprint density at radius 1 is 1.21 bits per heavy atom. The predicted octanol–water partition coefficient (Wildman–Crippen LogP) is 1.97. The Morgan fingerprint density at radius 2 is 1.96 bits per heavy atom. The van der Waals surface area contributed by atoms with Crippen LogP contribution in [0.2, 0.25) is 0 Å². The molecule has 1 heterocycles. The fraction of sp³-hybridized carbons (Fsp3) is 0.900. The molecule has 2 aliphatic rings. The largest absolute Gasteiger partial charge is 0.374 e. The Balaban J connectivity index is 0.00000392. The molecule has 0 radical (unpaired) electrons. The van der Waals surface area contributed by atoms with Gasteiger partial charge in [0.05, 0.1) is 12.7 Å². The van der Waals surface area contributed by atoms with Gasteiger partial charge in [-0.2, -0.15) is 0 Å². The second-order valence-electron chi connectivity index (χ2n) is 8.18. The minimum absolute atomic E-state index is 0. The van der Waals surface area contributed by atoms with Gasteiger partial charge in [0.15, 0.2) is 5.96 Å². The molecule has 8 heteroatoms. The van der Waals surface area contributed by atoms with Crippen LogP contribution in [0, 0.1) is 5.92 Å². The highest BCUT2D eigenvalue weighted by molar-refractivity contribution is 14.0. The molecule has 1 atom stereocenters. The molecule has 1 unspecified atom stereocenters. The van der Waals surface area contributed by atoms with E-state index in [2.05, 4.69) is 39.7 Å². The molecule has 164 valence electrons. The lowest BCUT2D eigenvalue weighted by molar-refractivity contribution is -0.121. The van der Waals surface area contributed by atoms with E-state index < -0.39 is 0 Å². The fourth-order valence-corrected chi connectivity index (χ4v) is 3.86. The van der Waals surface area contributed by atoms with Crippen molar-refractivity contribution in [3.05, 3.63) is 0 Å². The molecule has 3 N–H and O–H groups in total. The Bertz CT molecular complexity index is 470. The lowest BCUT2D eigenvalue weighted by Gasteiger charge is -2.34. The zero-order valence-electron chi connectivity index (χ0n) is 17.8. The number of hydrogen-bond donors (Lipinski definition) is 3. The van der Waals surface area contributed by atoms with Crippen molar-refractivity contribution >= 4 is 35.8 Å². The molecular weight excluding hydrogens is 469 g/mol. The summed E-state index contributed by atoms with van der Waals surface area (Å²) in [6.45, 7) is 9.67. The summed E-state index contributed by atoms with van der Waals surface area (Å²) >= 11 is 0. The van der Waals surface area contributed by atoms with Crippen molar-refractivity contribution in [1.29, 1.82) is 0 Å². The molecule has 1 aliphatic heterocycles. The predicted molar refractivity (Wildman–Crippen MR) is 125 cm³/mol. The summed E-state index contributed by atoms with van der Waals surface area (Å²) in [4.78, 5) is 18.8. The number of nitrogens with one attached hydrogen (secondary N) is 3. The number of carbonyl (C=O) groups is 1. The molecule has 1 aliphatic carbocycles. The Kier molecular flexibility index (Phi) is 13.1. The van der Waals surface area contributed by atoms with Crippen molar-refractivity contribution in [2.45, 2.75) is 64.5 Å². The average Bonchev–Trinajstić information content (AvgIpc) is 2.65. The summed E-state index contributed by atoms with van der Waals surface area (Å²) in [5.41, 5.74) is 0. The number of amides is 1. The third-order valence-electron chi connectivity index (χ3n) is 5.18. The van der Waals surface area contributed by atoms with E-state index in [9.17, 15) is 4.79 Å². The van der Waals surface area contributed by atoms with Gasteiger partial charge < -0.3 is 20.7 Å². The van der Waals surface area contributed by atoms with Gasteiger partial charge in [-0.05, 0) is 18.8 Å². The van der Waals surface area contributed by atoms with Gasteiger partial charge in [-0.15, -0.1) is 24.0 Å². The van der Waals surface area contributed by atoms with Gasteiger partial charge in [-0.25, -0.2) is 0 Å². The average molecular weight is 509 g/mol. The minimum Gasteiger partial charge on any atom is -0.374 e. The molecular formula is C20H40IN5O2. The van der Waals surface area contributed by atoms with Gasteiger partial charge in [-0.1, -0.05) is 33.1 Å². The standard InChI is InChI=1S/C20H39N5O2.HI/c1-16(2)14-25-11-12-27-18(15-25)13-23-20(21-3)22-10-9-19(26)24-17-7-5-4-6-8-17;/h16-18H,4-15H2,1-3H3,(H,24,26)(H2,21,22,23);1H. The summed E-state index contributed by atoms with van der Waals surface area (Å²) in [5.74, 6) is 1.53. The van der Waals surface area contributed by atoms with Crippen LogP contribution in [0.3, 0.4) is 0 Å². The normalized spacial score (nSPS) is 21.9. The number of rotatable bonds is 8. The number of halogens is 1. The van der Waals surface area contributed by atoms with E-state index in [1.54, 1.807) is 7.05 Å². The van der Waals surface area contributed by atoms with Crippen molar-refractivity contribution in [2.24, 2.45) is 10.9 Å². The molecule has 0 aromatic heterocycles. The van der Waals surface area contributed by atoms with E-state index in [1.165, 1.54) is 19.3 Å². The number of hydrogen-bond acceptors (Lipinski definition) is 4. The third-order valence-corrected chi connectivity index (χ3v) is 5.18. The van der Waals surface area contributed by atoms with Gasteiger partial charge in [-0.3, -0.25) is 14.7 Å². The maximum absolute atomic E-state index is 12.1. The highest BCUT2D eigenvalue weighted by atomic mass is 127. The first-order valence-corrected chi connectivity index (χ1v) is 10.6. The maximum atomic E-state index is 12.1. The molecule has 28 heavy (non-hydrogen) atoms. The van der Waals surface area contributed by atoms with Crippen LogP contribution in [0.4, 0.5) is 0 Å². The van der Waals surface area contributed by atoms with E-state index in [0.717, 1.165) is 51.6 Å². The molecule has 0 aromatic carbocycles. The van der Waals surface area contributed by atoms with E-state index in [4.69, 9.17) is 4.74 Å². The number of carbonyl (C=O) groups excluding carboxylic acids is 1. The zero-order valence-corrected chi connectivity index (χ0v) is 20.2. The molecule has 1 amide bonds. The Morgan fingerprint density at radius 3 is 2.64 bits per heavy atom. The summed E-state index contributed by atoms with van der Waals surface area (Å²) in [6.07, 6.45) is 6.66. The topological polar surface area (TPSA) is 78.0 Å². The molecule has 0 spiro atoms. The van der Waals surface area contributed by atoms with Crippen LogP contribution < -0.4 is 16.0 Å². The van der Waals surface area contributed by atoms with Crippen LogP contribution in [0.5, 0.6) is 0 Å². The number of guanidine groups is 1.